The van der Waals surface area contributed by atoms with Crippen molar-refractivity contribution in [3.05, 3.63) is 187 Å². The van der Waals surface area contributed by atoms with Crippen molar-refractivity contribution < 1.29 is 0 Å². The number of nitrogens with zero attached hydrogens (tertiary/aromatic N) is 2. The molecule has 65 heavy (non-hydrogen) atoms. The lowest BCUT2D eigenvalue weighted by atomic mass is 9.33. The van der Waals surface area contributed by atoms with E-state index >= 15 is 0 Å². The van der Waals surface area contributed by atoms with Crippen LogP contribution in [0, 0.1) is 0 Å². The highest BCUT2D eigenvalue weighted by molar-refractivity contribution is 7.00. The van der Waals surface area contributed by atoms with Crippen LogP contribution in [-0.2, 0) is 10.8 Å². The minimum absolute atomic E-state index is 0.00128. The molecule has 3 heteroatoms. The molecule has 308 valence electrons. The van der Waals surface area contributed by atoms with Crippen LogP contribution in [0.15, 0.2) is 176 Å². The van der Waals surface area contributed by atoms with Gasteiger partial charge in [0.1, 0.15) is 0 Å². The summed E-state index contributed by atoms with van der Waals surface area (Å²) in [5.74, 6) is 0. The molecule has 0 saturated heterocycles. The third-order valence-corrected chi connectivity index (χ3v) is 15.2. The Morgan fingerprint density at radius 3 is 1.43 bits per heavy atom. The SMILES string of the molecule is CC(C)(C)c1ccc(N2c3ccc(C(C)(C)C)cc3B3c4c2cccc4-n2c4ccc5c6ccccc6c6ccccc6c5c4c4c5c6ccccc6c6ccccc6c5cc3c42)cc1. The predicted octanol–water partition coefficient (Wildman–Crippen LogP) is 14.9. The fourth-order valence-corrected chi connectivity index (χ4v) is 12.3. The number of fused-ring (bicyclic) bond motifs is 21. The normalized spacial score (nSPS) is 13.6. The smallest absolute Gasteiger partial charge is 0.252 e. The zero-order valence-electron chi connectivity index (χ0n) is 37.7. The molecule has 0 fully saturated rings. The van der Waals surface area contributed by atoms with Crippen LogP contribution in [0.4, 0.5) is 17.1 Å². The summed E-state index contributed by atoms with van der Waals surface area (Å²) in [6.45, 7) is 14.0. The third-order valence-electron chi connectivity index (χ3n) is 15.2. The molecule has 0 spiro atoms. The van der Waals surface area contributed by atoms with E-state index in [4.69, 9.17) is 0 Å². The van der Waals surface area contributed by atoms with E-state index in [1.807, 2.05) is 0 Å². The molecule has 0 saturated carbocycles. The van der Waals surface area contributed by atoms with Crippen molar-refractivity contribution in [2.75, 3.05) is 4.90 Å². The minimum atomic E-state index is -0.0336. The van der Waals surface area contributed by atoms with Crippen LogP contribution in [-0.4, -0.2) is 11.3 Å². The van der Waals surface area contributed by atoms with Crippen LogP contribution in [0.25, 0.3) is 92.1 Å². The van der Waals surface area contributed by atoms with Gasteiger partial charge in [-0.2, -0.15) is 0 Å². The Morgan fingerprint density at radius 1 is 0.354 bits per heavy atom. The van der Waals surface area contributed by atoms with Crippen molar-refractivity contribution in [1.29, 1.82) is 0 Å². The standard InChI is InChI=1S/C62H47BN2/c1-61(2,3)36-26-29-38(30-27-36)64-51-32-28-37(62(4,5)6)34-49(51)63-50-35-48-44-21-10-8-17-40(44)42-19-12-14-23-46(42)56(48)58-57-52(65(60(50)58)54-25-15-24-53(64)59(54)63)33-31-47-43-20-9-7-16-39(43)41-18-11-13-22-45(41)55(47)57/h7-35H,1-6H3. The van der Waals surface area contributed by atoms with Crippen molar-refractivity contribution in [2.24, 2.45) is 0 Å². The van der Waals surface area contributed by atoms with E-state index in [0.717, 1.165) is 0 Å². The van der Waals surface area contributed by atoms with Crippen LogP contribution < -0.4 is 21.3 Å². The number of rotatable bonds is 1. The topological polar surface area (TPSA) is 8.17 Å². The highest BCUT2D eigenvalue weighted by Crippen LogP contribution is 2.50. The highest BCUT2D eigenvalue weighted by atomic mass is 15.2. The summed E-state index contributed by atoms with van der Waals surface area (Å²) < 4.78 is 2.67. The molecule has 0 N–H and O–H groups in total. The monoisotopic (exact) mass is 830 g/mol. The van der Waals surface area contributed by atoms with Crippen molar-refractivity contribution in [3.8, 4) is 5.69 Å². The largest absolute Gasteiger partial charge is 0.311 e. The maximum Gasteiger partial charge on any atom is 0.252 e. The number of benzene rings is 11. The van der Waals surface area contributed by atoms with E-state index in [2.05, 4.69) is 227 Å². The Hall–Kier alpha value is -7.36. The molecular weight excluding hydrogens is 784 g/mol. The molecule has 2 aliphatic rings. The van der Waals surface area contributed by atoms with E-state index in [9.17, 15) is 0 Å². The molecule has 11 aromatic carbocycles. The fraction of sp³-hybridized carbons (Fsp3) is 0.129. The number of anilines is 3. The molecule has 0 amide bonds. The maximum atomic E-state index is 2.67. The van der Waals surface area contributed by atoms with Gasteiger partial charge < -0.3 is 9.47 Å². The summed E-state index contributed by atoms with van der Waals surface area (Å²) in [5, 5.41) is 18.4. The molecule has 0 atom stereocenters. The van der Waals surface area contributed by atoms with Crippen molar-refractivity contribution >= 4 is 127 Å². The van der Waals surface area contributed by atoms with Gasteiger partial charge in [0.05, 0.1) is 11.0 Å². The van der Waals surface area contributed by atoms with Crippen molar-refractivity contribution in [2.45, 2.75) is 52.4 Å². The van der Waals surface area contributed by atoms with Gasteiger partial charge in [0.2, 0.25) is 0 Å². The van der Waals surface area contributed by atoms with Gasteiger partial charge in [-0.15, -0.1) is 0 Å². The van der Waals surface area contributed by atoms with E-state index < -0.39 is 0 Å². The van der Waals surface area contributed by atoms with E-state index in [1.54, 1.807) is 0 Å². The highest BCUT2D eigenvalue weighted by Gasteiger charge is 2.43. The molecule has 0 unspecified atom stereocenters. The molecule has 2 aliphatic heterocycles. The molecule has 12 aromatic rings. The third kappa shape index (κ3) is 4.86. The minimum Gasteiger partial charge on any atom is -0.311 e. The second-order valence-electron chi connectivity index (χ2n) is 20.8. The first-order chi connectivity index (χ1) is 31.6. The lowest BCUT2D eigenvalue weighted by Gasteiger charge is -2.41. The van der Waals surface area contributed by atoms with Crippen molar-refractivity contribution in [1.82, 2.24) is 4.57 Å². The Bertz CT molecular complexity index is 4050. The molecular formula is C62H47BN2. The summed E-state index contributed by atoms with van der Waals surface area (Å²) in [5.41, 5.74) is 14.3. The Balaban J connectivity index is 1.24. The van der Waals surface area contributed by atoms with Crippen LogP contribution in [0.2, 0.25) is 0 Å². The van der Waals surface area contributed by atoms with Gasteiger partial charge in [0.25, 0.3) is 6.71 Å². The summed E-state index contributed by atoms with van der Waals surface area (Å²) >= 11 is 0. The molecule has 2 nitrogen and oxygen atoms in total. The molecule has 14 rings (SSSR count). The summed E-state index contributed by atoms with van der Waals surface area (Å²) in [6.07, 6.45) is 0. The zero-order valence-corrected chi connectivity index (χ0v) is 37.7. The Kier molecular flexibility index (Phi) is 7.23. The number of hydrogen-bond donors (Lipinski definition) is 0. The summed E-state index contributed by atoms with van der Waals surface area (Å²) in [7, 11) is 0. The quantitative estimate of drug-likeness (QED) is 0.118. The Morgan fingerprint density at radius 2 is 0.846 bits per heavy atom. The molecule has 1 aromatic heterocycles. The number of hydrogen-bond acceptors (Lipinski definition) is 1. The molecule has 0 aliphatic carbocycles. The first kappa shape index (κ1) is 37.1. The van der Waals surface area contributed by atoms with Crippen LogP contribution >= 0.6 is 0 Å². The van der Waals surface area contributed by atoms with Gasteiger partial charge in [0.15, 0.2) is 0 Å². The van der Waals surface area contributed by atoms with Gasteiger partial charge in [-0.3, -0.25) is 0 Å². The van der Waals surface area contributed by atoms with E-state index in [0.29, 0.717) is 0 Å². The molecule has 0 bridgehead atoms. The van der Waals surface area contributed by atoms with Gasteiger partial charge in [-0.25, -0.2) is 0 Å². The lowest BCUT2D eigenvalue weighted by molar-refractivity contribution is 0.590. The number of aromatic nitrogens is 1. The second kappa shape index (κ2) is 12.7. The summed E-state index contributed by atoms with van der Waals surface area (Å²) in [6, 6.07) is 67.6. The van der Waals surface area contributed by atoms with Crippen LogP contribution in [0.3, 0.4) is 0 Å². The lowest BCUT2D eigenvalue weighted by Crippen LogP contribution is -2.60. The maximum absolute atomic E-state index is 2.67. The molecule has 3 heterocycles. The van der Waals surface area contributed by atoms with Crippen LogP contribution in [0.1, 0.15) is 52.7 Å². The summed E-state index contributed by atoms with van der Waals surface area (Å²) in [4.78, 5) is 2.55. The van der Waals surface area contributed by atoms with Gasteiger partial charge in [-0.1, -0.05) is 181 Å². The zero-order chi connectivity index (χ0) is 43.7. The first-order valence-electron chi connectivity index (χ1n) is 23.3. The molecule has 0 radical (unpaired) electrons. The average Bonchev–Trinajstić information content (AvgIpc) is 3.68. The predicted molar refractivity (Wildman–Crippen MR) is 283 cm³/mol. The second-order valence-corrected chi connectivity index (χ2v) is 20.8. The van der Waals surface area contributed by atoms with Gasteiger partial charge >= 0.3 is 0 Å². The van der Waals surface area contributed by atoms with Crippen molar-refractivity contribution in [3.63, 3.8) is 0 Å². The fourth-order valence-electron chi connectivity index (χ4n) is 12.3. The average molecular weight is 831 g/mol. The van der Waals surface area contributed by atoms with E-state index in [-0.39, 0.29) is 17.5 Å². The van der Waals surface area contributed by atoms with Gasteiger partial charge in [-0.05, 0) is 129 Å². The van der Waals surface area contributed by atoms with E-state index in [1.165, 1.54) is 137 Å². The van der Waals surface area contributed by atoms with Crippen LogP contribution in [0.5, 0.6) is 0 Å². The van der Waals surface area contributed by atoms with Gasteiger partial charge in [0, 0.05) is 44.3 Å². The Labute approximate surface area is 379 Å². The first-order valence-corrected chi connectivity index (χ1v) is 23.3.